The predicted octanol–water partition coefficient (Wildman–Crippen LogP) is 4.38. The van der Waals surface area contributed by atoms with Crippen LogP contribution in [-0.4, -0.2) is 30.5 Å². The van der Waals surface area contributed by atoms with Gasteiger partial charge in [0.1, 0.15) is 11.4 Å². The van der Waals surface area contributed by atoms with Crippen molar-refractivity contribution in [2.45, 2.75) is 64.5 Å². The molecule has 1 fully saturated rings. The summed E-state index contributed by atoms with van der Waals surface area (Å²) < 4.78 is 15.7. The number of hydrogen-bond donors (Lipinski definition) is 1. The third-order valence-electron chi connectivity index (χ3n) is 3.73. The van der Waals surface area contributed by atoms with E-state index in [1.54, 1.807) is 32.9 Å². The molecule has 0 bridgehead atoms. The summed E-state index contributed by atoms with van der Waals surface area (Å²) >= 11 is 0. The van der Waals surface area contributed by atoms with Gasteiger partial charge in [0.15, 0.2) is 0 Å². The van der Waals surface area contributed by atoms with Crippen molar-refractivity contribution >= 4 is 12.2 Å². The maximum Gasteiger partial charge on any atom is 0.514 e. The second kappa shape index (κ2) is 8.23. The highest BCUT2D eigenvalue weighted by molar-refractivity contribution is 5.69. The number of para-hydroxylation sites is 1. The fourth-order valence-electron chi connectivity index (χ4n) is 2.44. The van der Waals surface area contributed by atoms with Gasteiger partial charge in [0.25, 0.3) is 0 Å². The molecule has 138 valence electrons. The normalized spacial score (nSPS) is 19.0. The van der Waals surface area contributed by atoms with Crippen LogP contribution in [-0.2, 0) is 9.47 Å². The van der Waals surface area contributed by atoms with Crippen LogP contribution < -0.4 is 10.1 Å². The van der Waals surface area contributed by atoms with Crippen LogP contribution in [0.4, 0.5) is 9.59 Å². The third-order valence-corrected chi connectivity index (χ3v) is 3.73. The van der Waals surface area contributed by atoms with E-state index in [4.69, 9.17) is 14.2 Å². The van der Waals surface area contributed by atoms with Crippen molar-refractivity contribution in [1.82, 2.24) is 5.32 Å². The van der Waals surface area contributed by atoms with E-state index in [0.717, 1.165) is 24.8 Å². The lowest BCUT2D eigenvalue weighted by atomic mass is 10.1. The van der Waals surface area contributed by atoms with Crippen molar-refractivity contribution in [1.29, 1.82) is 0 Å². The van der Waals surface area contributed by atoms with Crippen molar-refractivity contribution in [2.24, 2.45) is 0 Å². The molecule has 6 heteroatoms. The zero-order chi connectivity index (χ0) is 18.4. The molecule has 1 aromatic carbocycles. The van der Waals surface area contributed by atoms with Gasteiger partial charge >= 0.3 is 12.2 Å². The van der Waals surface area contributed by atoms with Crippen molar-refractivity contribution in [2.75, 3.05) is 6.61 Å². The van der Waals surface area contributed by atoms with Crippen molar-refractivity contribution < 1.29 is 23.8 Å². The Kier molecular flexibility index (Phi) is 6.28. The number of benzene rings is 1. The van der Waals surface area contributed by atoms with Crippen LogP contribution >= 0.6 is 0 Å². The predicted molar refractivity (Wildman–Crippen MR) is 93.8 cm³/mol. The Hall–Kier alpha value is -2.24. The van der Waals surface area contributed by atoms with Gasteiger partial charge in [-0.1, -0.05) is 31.5 Å². The highest BCUT2D eigenvalue weighted by atomic mass is 16.7. The molecule has 0 spiro atoms. The third kappa shape index (κ3) is 6.29. The van der Waals surface area contributed by atoms with Gasteiger partial charge < -0.3 is 19.5 Å². The molecule has 0 heterocycles. The molecule has 1 aliphatic rings. The molecule has 0 radical (unpaired) electrons. The number of hydrogen-bond acceptors (Lipinski definition) is 5. The lowest BCUT2D eigenvalue weighted by Crippen LogP contribution is -2.28. The second-order valence-corrected chi connectivity index (χ2v) is 7.19. The molecule has 0 aliphatic heterocycles. The van der Waals surface area contributed by atoms with Gasteiger partial charge in [0.2, 0.25) is 0 Å². The molecule has 2 rings (SSSR count). The molecule has 2 atom stereocenters. The van der Waals surface area contributed by atoms with Gasteiger partial charge in [0, 0.05) is 17.5 Å². The largest absolute Gasteiger partial charge is 0.514 e. The molecule has 6 nitrogen and oxygen atoms in total. The number of nitrogens with one attached hydrogen (secondary N) is 1. The second-order valence-electron chi connectivity index (χ2n) is 7.19. The standard InChI is InChI=1S/C19H27NO5/c1-5-6-11-23-17(21)20-15-12-14(15)13-9-7-8-10-16(13)24-18(22)25-19(2,3)4/h7-10,14-15H,5-6,11-12H2,1-4H3,(H,20,21)/t14-,15+/m0/s1. The Morgan fingerprint density at radius 1 is 1.24 bits per heavy atom. The number of carbonyl (C=O) groups is 2. The lowest BCUT2D eigenvalue weighted by molar-refractivity contribution is 0.0204. The van der Waals surface area contributed by atoms with Crippen LogP contribution in [0, 0.1) is 0 Å². The van der Waals surface area contributed by atoms with Gasteiger partial charge in [-0.2, -0.15) is 0 Å². The summed E-state index contributed by atoms with van der Waals surface area (Å²) in [7, 11) is 0. The fraction of sp³-hybridized carbons (Fsp3) is 0.579. The summed E-state index contributed by atoms with van der Waals surface area (Å²) in [6.45, 7) is 7.82. The number of alkyl carbamates (subject to hydrolysis) is 1. The van der Waals surface area contributed by atoms with E-state index in [0.29, 0.717) is 12.4 Å². The number of carbonyl (C=O) groups excluding carboxylic acids is 2. The van der Waals surface area contributed by atoms with Crippen LogP contribution in [0.15, 0.2) is 24.3 Å². The molecular formula is C19H27NO5. The van der Waals surface area contributed by atoms with Gasteiger partial charge in [0.05, 0.1) is 6.61 Å². The molecule has 25 heavy (non-hydrogen) atoms. The fourth-order valence-corrected chi connectivity index (χ4v) is 2.44. The number of ether oxygens (including phenoxy) is 3. The van der Waals surface area contributed by atoms with E-state index >= 15 is 0 Å². The Balaban J connectivity index is 1.91. The molecule has 1 amide bonds. The van der Waals surface area contributed by atoms with E-state index in [1.165, 1.54) is 0 Å². The summed E-state index contributed by atoms with van der Waals surface area (Å²) in [6, 6.07) is 7.31. The minimum atomic E-state index is -0.732. The molecule has 0 saturated heterocycles. The quantitative estimate of drug-likeness (QED) is 0.468. The maximum atomic E-state index is 11.9. The van der Waals surface area contributed by atoms with Crippen LogP contribution in [0.25, 0.3) is 0 Å². The minimum Gasteiger partial charge on any atom is -0.450 e. The zero-order valence-electron chi connectivity index (χ0n) is 15.3. The first kappa shape index (κ1) is 19.1. The summed E-state index contributed by atoms with van der Waals surface area (Å²) in [4.78, 5) is 23.6. The maximum absolute atomic E-state index is 11.9. The van der Waals surface area contributed by atoms with E-state index in [1.807, 2.05) is 19.1 Å². The Bertz CT molecular complexity index is 608. The topological polar surface area (TPSA) is 73.9 Å². The van der Waals surface area contributed by atoms with Crippen LogP contribution in [0.1, 0.15) is 58.4 Å². The molecular weight excluding hydrogens is 322 g/mol. The summed E-state index contributed by atoms with van der Waals surface area (Å²) in [6.07, 6.45) is 1.50. The highest BCUT2D eigenvalue weighted by Crippen LogP contribution is 2.44. The smallest absolute Gasteiger partial charge is 0.450 e. The van der Waals surface area contributed by atoms with Crippen molar-refractivity contribution in [3.63, 3.8) is 0 Å². The van der Waals surface area contributed by atoms with Crippen molar-refractivity contribution in [3.8, 4) is 5.75 Å². The monoisotopic (exact) mass is 349 g/mol. The van der Waals surface area contributed by atoms with Crippen LogP contribution in [0.2, 0.25) is 0 Å². The van der Waals surface area contributed by atoms with Crippen LogP contribution in [0.5, 0.6) is 5.75 Å². The SMILES string of the molecule is CCCCOC(=O)N[C@@H]1C[C@H]1c1ccccc1OC(=O)OC(C)(C)C. The van der Waals surface area contributed by atoms with Crippen molar-refractivity contribution in [3.05, 3.63) is 29.8 Å². The van der Waals surface area contributed by atoms with Gasteiger partial charge in [-0.3, -0.25) is 0 Å². The first-order chi connectivity index (χ1) is 11.8. The summed E-state index contributed by atoms with van der Waals surface area (Å²) in [5.74, 6) is 0.572. The summed E-state index contributed by atoms with van der Waals surface area (Å²) in [5, 5.41) is 2.85. The molecule has 1 N–H and O–H groups in total. The summed E-state index contributed by atoms with van der Waals surface area (Å²) in [5.41, 5.74) is 0.269. The van der Waals surface area contributed by atoms with Gasteiger partial charge in [-0.25, -0.2) is 9.59 Å². The number of amides is 1. The molecule has 1 aromatic rings. The molecule has 1 saturated carbocycles. The Morgan fingerprint density at radius 2 is 1.96 bits per heavy atom. The van der Waals surface area contributed by atoms with Crippen LogP contribution in [0.3, 0.4) is 0 Å². The average Bonchev–Trinajstić information content (AvgIpc) is 3.25. The average molecular weight is 349 g/mol. The van der Waals surface area contributed by atoms with Gasteiger partial charge in [-0.15, -0.1) is 0 Å². The van der Waals surface area contributed by atoms with Gasteiger partial charge in [-0.05, 0) is 39.7 Å². The molecule has 0 unspecified atom stereocenters. The van der Waals surface area contributed by atoms with E-state index in [9.17, 15) is 9.59 Å². The molecule has 1 aliphatic carbocycles. The zero-order valence-corrected chi connectivity index (χ0v) is 15.3. The van der Waals surface area contributed by atoms with E-state index in [2.05, 4.69) is 5.32 Å². The number of unbranched alkanes of at least 4 members (excludes halogenated alkanes) is 1. The Labute approximate surface area is 148 Å². The Morgan fingerprint density at radius 3 is 2.64 bits per heavy atom. The molecule has 0 aromatic heterocycles. The first-order valence-corrected chi connectivity index (χ1v) is 8.73. The van der Waals surface area contributed by atoms with E-state index < -0.39 is 17.8 Å². The number of rotatable bonds is 6. The minimum absolute atomic E-state index is 0.00230. The lowest BCUT2D eigenvalue weighted by Gasteiger charge is -2.19. The first-order valence-electron chi connectivity index (χ1n) is 8.73. The van der Waals surface area contributed by atoms with E-state index in [-0.39, 0.29) is 12.0 Å². The highest BCUT2D eigenvalue weighted by Gasteiger charge is 2.41.